The molecule has 0 bridgehead atoms. The van der Waals surface area contributed by atoms with Crippen LogP contribution in [0, 0.1) is 20.5 Å². The Balaban J connectivity index is 0.000000283. The summed E-state index contributed by atoms with van der Waals surface area (Å²) in [7, 11) is -9.89. The molecule has 464 valence electrons. The van der Waals surface area contributed by atoms with Gasteiger partial charge in [0.2, 0.25) is 0 Å². The van der Waals surface area contributed by atoms with Crippen molar-refractivity contribution >= 4 is 92.2 Å². The van der Waals surface area contributed by atoms with Crippen molar-refractivity contribution in [3.05, 3.63) is 301 Å². The number of fused-ring (bicyclic) bond motifs is 2. The van der Waals surface area contributed by atoms with Crippen LogP contribution < -0.4 is 37.3 Å². The number of azo groups is 4. The van der Waals surface area contributed by atoms with Gasteiger partial charge in [-0.2, -0.15) is 0 Å². The normalized spacial score (nSPS) is 12.3. The first-order valence-electron chi connectivity index (χ1n) is 25.3. The molecule has 30 heteroatoms. The van der Waals surface area contributed by atoms with Gasteiger partial charge in [-0.25, -0.2) is 57.2 Å². The summed E-state index contributed by atoms with van der Waals surface area (Å²) in [5.41, 5.74) is 5.85. The molecule has 10 aromatic rings. The minimum atomic E-state index is -4.94. The van der Waals surface area contributed by atoms with Gasteiger partial charge in [0, 0.05) is 35.9 Å². The number of hydrogen-bond donors (Lipinski definition) is 0. The molecule has 24 nitrogen and oxygen atoms in total. The van der Waals surface area contributed by atoms with E-state index in [2.05, 4.69) is 71.5 Å². The molecule has 0 saturated heterocycles. The average molecular weight is 1480 g/mol. The maximum Gasteiger partial charge on any atom is 2.00 e. The summed E-state index contributed by atoms with van der Waals surface area (Å²) < 4.78 is 67.9. The summed E-state index contributed by atoms with van der Waals surface area (Å²) in [6, 6.07) is 74.6. The zero-order valence-corrected chi connectivity index (χ0v) is 53.2. The van der Waals surface area contributed by atoms with Gasteiger partial charge >= 0.3 is 39.0 Å². The van der Waals surface area contributed by atoms with E-state index in [1.807, 2.05) is 206 Å². The third-order valence-corrected chi connectivity index (χ3v) is 10.1. The predicted molar refractivity (Wildman–Crippen MR) is 311 cm³/mol. The topological polar surface area (TPSA) is 397 Å². The molecule has 0 aliphatic carbocycles. The fourth-order valence-electron chi connectivity index (χ4n) is 6.51. The van der Waals surface area contributed by atoms with Gasteiger partial charge < -0.3 is 10.6 Å². The first kappa shape index (κ1) is 76.3. The summed E-state index contributed by atoms with van der Waals surface area (Å²) in [6.45, 7) is 0. The largest absolute Gasteiger partial charge is 2.00 e. The first-order chi connectivity index (χ1) is 43.0. The van der Waals surface area contributed by atoms with Gasteiger partial charge in [-0.3, -0.25) is 9.59 Å². The number of alkyl halides is 2. The number of hydrogen-bond acceptors (Lipinski definition) is 22. The number of aromatic nitrogens is 4. The summed E-state index contributed by atoms with van der Waals surface area (Å²) in [5, 5.41) is 40.8. The number of allylic oxidation sites excluding steroid dienone is 2. The number of para-hydroxylation sites is 2. The molecule has 6 heterocycles. The molecule has 0 amide bonds. The fraction of sp³-hybridized carbons (Fsp3) is 0.0164. The molecular formula is C61H46Cl4N14O10Ru2. The molecule has 2 aliphatic heterocycles. The Hall–Kier alpha value is -8.91. The molecule has 12 rings (SSSR count). The molecule has 0 N–H and O–H groups in total. The second kappa shape index (κ2) is 42.9. The van der Waals surface area contributed by atoms with E-state index >= 15 is 0 Å². The van der Waals surface area contributed by atoms with Gasteiger partial charge in [0.05, 0.1) is 28.1 Å². The van der Waals surface area contributed by atoms with Gasteiger partial charge in [-0.15, -0.1) is 96.0 Å². The van der Waals surface area contributed by atoms with Gasteiger partial charge in [-0.05, 0) is 97.1 Å². The third kappa shape index (κ3) is 32.4. The molecular weight excluding hydrogens is 1430 g/mol. The number of ketones is 2. The van der Waals surface area contributed by atoms with Crippen molar-refractivity contribution in [3.63, 3.8) is 0 Å². The fourth-order valence-corrected chi connectivity index (χ4v) is 6.51. The Morgan fingerprint density at radius 1 is 0.308 bits per heavy atom. The van der Waals surface area contributed by atoms with Crippen molar-refractivity contribution in [2.45, 2.75) is 0 Å². The van der Waals surface area contributed by atoms with E-state index < -0.39 is 20.5 Å². The van der Waals surface area contributed by atoms with Crippen LogP contribution in [0.15, 0.2) is 320 Å². The molecule has 2 aliphatic rings. The van der Waals surface area contributed by atoms with Crippen LogP contribution >= 0.6 is 23.2 Å². The third-order valence-electron chi connectivity index (χ3n) is 10.1. The van der Waals surface area contributed by atoms with E-state index in [1.54, 1.807) is 61.2 Å². The smallest absolute Gasteiger partial charge is 0.655 e. The predicted octanol–water partition coefficient (Wildman–Crippen LogP) is 9.89. The number of rotatable bonds is 8. The van der Waals surface area contributed by atoms with Gasteiger partial charge in [0.1, 0.15) is 0 Å². The van der Waals surface area contributed by atoms with Gasteiger partial charge in [-0.1, -0.05) is 157 Å². The van der Waals surface area contributed by atoms with E-state index in [9.17, 15) is 9.59 Å². The zero-order valence-electron chi connectivity index (χ0n) is 46.7. The quantitative estimate of drug-likeness (QED) is 0.0591. The second-order valence-electron chi connectivity index (χ2n) is 16.4. The Bertz CT molecular complexity index is 3240. The van der Waals surface area contributed by atoms with Crippen molar-refractivity contribution in [2.24, 2.45) is 40.9 Å². The number of halogens is 4. The van der Waals surface area contributed by atoms with E-state index in [0.29, 0.717) is 45.8 Å². The minimum Gasteiger partial charge on any atom is -0.655 e. The monoisotopic (exact) mass is 1480 g/mol. The average Bonchev–Trinajstić information content (AvgIpc) is 1.62. The van der Waals surface area contributed by atoms with E-state index in [-0.39, 0.29) is 67.3 Å². The second-order valence-corrected chi connectivity index (χ2v) is 18.7. The zero-order chi connectivity index (χ0) is 64.0. The maximum atomic E-state index is 12.3. The number of pyridine rings is 4. The SMILES string of the molecule is ClCCl.O=C1/C(=C2\[N-]c3ccccc3C2=O)[N-]c2ccccc21.[O-][Cl+3]([O-])([O-])[O-].[O-][Cl+3]([O-])([O-])[O-].[Ru+2].[Ru+2].c1ccc(N=Nc2ccccn2)cc1.c1ccc(N=Nc2ccccn2)cc1.c1ccc(N=Nc2ccccn2)cc1.c1ccc(N=Nc2ccccn2)cc1. The molecule has 0 fully saturated rings. The van der Waals surface area contributed by atoms with Crippen molar-refractivity contribution in [2.75, 3.05) is 5.34 Å². The van der Waals surface area contributed by atoms with Crippen LogP contribution in [0.5, 0.6) is 0 Å². The van der Waals surface area contributed by atoms with Gasteiger partial charge in [0.25, 0.3) is 0 Å². The summed E-state index contributed by atoms with van der Waals surface area (Å²) >= 11 is 9.53. The minimum absolute atomic E-state index is 0. The Morgan fingerprint density at radius 3 is 0.703 bits per heavy atom. The van der Waals surface area contributed by atoms with E-state index in [1.165, 1.54) is 0 Å². The number of nitrogens with zero attached hydrogens (tertiary/aromatic N) is 14. The van der Waals surface area contributed by atoms with Crippen LogP contribution in [0.2, 0.25) is 0 Å². The molecule has 0 atom stereocenters. The molecule has 91 heavy (non-hydrogen) atoms. The number of carbonyl (C=O) groups excluding carboxylic acids is 2. The standard InChI is InChI=1S/C16H10N2O2.4C11H9N3.CH2Cl2.2ClHO4.2Ru/c19-15-9-5-1-3-7-11(9)17-13(15)14-16(20)10-6-2-4-8-12(10)18-14;4*1-2-6-10(7-3-1)13-14-11-8-4-5-9-12-11;2-1-3;2*2-1(3,4)5;;/h1-8H,(H2,17,18,19,20);4*1-9H;1H2;2*(H,2,3,4,5);;/q;;;;;;;;2*+2/p-4. The molecule has 0 saturated carbocycles. The van der Waals surface area contributed by atoms with E-state index in [4.69, 9.17) is 60.5 Å². The Morgan fingerprint density at radius 2 is 0.505 bits per heavy atom. The number of Topliss-reactive ketones (excluding diaryl/α,β-unsaturated/α-hetero) is 2. The Kier molecular flexibility index (Phi) is 36.0. The van der Waals surface area contributed by atoms with Crippen molar-refractivity contribution in [1.82, 2.24) is 19.9 Å². The van der Waals surface area contributed by atoms with E-state index in [0.717, 1.165) is 22.7 Å². The molecule has 4 aromatic heterocycles. The van der Waals surface area contributed by atoms with Crippen LogP contribution in [0.25, 0.3) is 10.6 Å². The number of benzene rings is 6. The van der Waals surface area contributed by atoms with Crippen LogP contribution in [-0.2, 0) is 39.0 Å². The summed E-state index contributed by atoms with van der Waals surface area (Å²) in [6.07, 6.45) is 6.78. The van der Waals surface area contributed by atoms with Crippen LogP contribution in [0.3, 0.4) is 0 Å². The molecule has 0 radical (unpaired) electrons. The summed E-state index contributed by atoms with van der Waals surface area (Å²) in [4.78, 5) is 40.8. The van der Waals surface area contributed by atoms with Crippen molar-refractivity contribution in [3.8, 4) is 0 Å². The first-order valence-corrected chi connectivity index (χ1v) is 28.8. The Labute approximate surface area is 561 Å². The van der Waals surface area contributed by atoms with Crippen molar-refractivity contribution < 1.29 is 106 Å². The number of carbonyl (C=O) groups is 2. The molecule has 0 unspecified atom stereocenters. The maximum absolute atomic E-state index is 12.3. The van der Waals surface area contributed by atoms with Crippen LogP contribution in [0.1, 0.15) is 20.7 Å². The molecule has 0 spiro atoms. The van der Waals surface area contributed by atoms with Crippen molar-refractivity contribution in [1.29, 1.82) is 0 Å². The summed E-state index contributed by atoms with van der Waals surface area (Å²) in [5.74, 6) is 2.02. The molecule has 6 aromatic carbocycles. The van der Waals surface area contributed by atoms with Gasteiger partial charge in [0.15, 0.2) is 34.8 Å². The van der Waals surface area contributed by atoms with Crippen LogP contribution in [0.4, 0.5) is 57.4 Å². The van der Waals surface area contributed by atoms with Crippen LogP contribution in [-0.4, -0.2) is 36.8 Å².